The van der Waals surface area contributed by atoms with Crippen LogP contribution in [0.25, 0.3) is 0 Å². The Hall–Kier alpha value is -0.460. The average molecular weight is 310 g/mol. The van der Waals surface area contributed by atoms with Crippen molar-refractivity contribution in [2.75, 3.05) is 0 Å². The van der Waals surface area contributed by atoms with E-state index in [4.69, 9.17) is 0 Å². The van der Waals surface area contributed by atoms with Gasteiger partial charge in [-0.2, -0.15) is 0 Å². The first kappa shape index (κ1) is 20.5. The third kappa shape index (κ3) is 19.5. The second-order valence-corrected chi connectivity index (χ2v) is 6.17. The van der Waals surface area contributed by atoms with Crippen LogP contribution in [0.4, 0.5) is 0 Å². The minimum Gasteiger partial charge on any atom is -0.203 e. The molecule has 0 heterocycles. The van der Waals surface area contributed by atoms with Crippen LogP contribution in [0.1, 0.15) is 103 Å². The standard InChI is InChI=1S/C19H35NS/c1-2-3-4-5-6-7-8-9-10-11-12-13-14-15-16-17-18-20-19-21/h17-18H,2-16H2,1H3. The molecule has 2 heteroatoms. The SMILES string of the molecule is CCCCCCCCCCCCCCCCC=CN=C=S. The molecule has 0 rings (SSSR count). The van der Waals surface area contributed by atoms with Gasteiger partial charge in [-0.1, -0.05) is 96.5 Å². The number of nitrogens with zero attached hydrogens (tertiary/aromatic N) is 1. The first-order valence-electron chi connectivity index (χ1n) is 9.13. The fourth-order valence-electron chi connectivity index (χ4n) is 2.61. The van der Waals surface area contributed by atoms with Crippen molar-refractivity contribution in [2.24, 2.45) is 4.99 Å². The fraction of sp³-hybridized carbons (Fsp3) is 0.842. The summed E-state index contributed by atoms with van der Waals surface area (Å²) in [5, 5.41) is 2.34. The summed E-state index contributed by atoms with van der Waals surface area (Å²) >= 11 is 4.49. The number of isothiocyanates is 1. The molecule has 0 aliphatic rings. The van der Waals surface area contributed by atoms with Crippen molar-refractivity contribution in [2.45, 2.75) is 103 Å². The van der Waals surface area contributed by atoms with Crippen molar-refractivity contribution in [3.8, 4) is 0 Å². The molecule has 0 aromatic rings. The predicted octanol–water partition coefficient (Wildman–Crippen LogP) is 7.47. The molecule has 0 aliphatic carbocycles. The summed E-state index contributed by atoms with van der Waals surface area (Å²) in [7, 11) is 0. The Labute approximate surface area is 138 Å². The van der Waals surface area contributed by atoms with Crippen LogP contribution in [-0.4, -0.2) is 5.16 Å². The molecular formula is C19H35NS. The van der Waals surface area contributed by atoms with E-state index in [0.29, 0.717) is 0 Å². The highest BCUT2D eigenvalue weighted by Gasteiger charge is 1.93. The quantitative estimate of drug-likeness (QED) is 0.163. The van der Waals surface area contributed by atoms with Gasteiger partial charge in [-0.15, -0.1) is 0 Å². The zero-order valence-corrected chi connectivity index (χ0v) is 14.9. The van der Waals surface area contributed by atoms with Crippen molar-refractivity contribution in [3.63, 3.8) is 0 Å². The van der Waals surface area contributed by atoms with Gasteiger partial charge in [-0.05, 0) is 25.1 Å². The lowest BCUT2D eigenvalue weighted by atomic mass is 10.0. The smallest absolute Gasteiger partial charge is 0.0634 e. The van der Waals surface area contributed by atoms with Gasteiger partial charge < -0.3 is 0 Å². The fourth-order valence-corrected chi connectivity index (χ4v) is 2.68. The highest BCUT2D eigenvalue weighted by atomic mass is 32.1. The third-order valence-corrected chi connectivity index (χ3v) is 4.06. The molecule has 122 valence electrons. The second-order valence-electron chi connectivity index (χ2n) is 5.99. The molecule has 0 atom stereocenters. The minimum absolute atomic E-state index is 1.12. The molecule has 1 nitrogen and oxygen atoms in total. The number of aliphatic imine (C=N–C) groups is 1. The maximum atomic E-state index is 4.49. The van der Waals surface area contributed by atoms with Crippen LogP contribution in [0.2, 0.25) is 0 Å². The van der Waals surface area contributed by atoms with Gasteiger partial charge in [0, 0.05) is 6.20 Å². The molecule has 0 amide bonds. The van der Waals surface area contributed by atoms with E-state index in [1.807, 2.05) is 0 Å². The molecular weight excluding hydrogens is 274 g/mol. The molecule has 0 spiro atoms. The molecule has 0 fully saturated rings. The minimum atomic E-state index is 1.12. The Balaban J connectivity index is 3.01. The summed E-state index contributed by atoms with van der Waals surface area (Å²) in [5.74, 6) is 0. The zero-order chi connectivity index (χ0) is 15.4. The first-order valence-corrected chi connectivity index (χ1v) is 9.54. The molecule has 0 aromatic carbocycles. The summed E-state index contributed by atoms with van der Waals surface area (Å²) in [6.07, 6.45) is 24.8. The van der Waals surface area contributed by atoms with Gasteiger partial charge in [0.05, 0.1) is 5.16 Å². The summed E-state index contributed by atoms with van der Waals surface area (Å²) in [5.41, 5.74) is 0. The third-order valence-electron chi connectivity index (χ3n) is 3.96. The summed E-state index contributed by atoms with van der Waals surface area (Å²) in [6, 6.07) is 0. The Morgan fingerprint density at radius 2 is 1.14 bits per heavy atom. The predicted molar refractivity (Wildman–Crippen MR) is 99.1 cm³/mol. The lowest BCUT2D eigenvalue weighted by Crippen LogP contribution is -1.83. The Bertz CT molecular complexity index is 267. The van der Waals surface area contributed by atoms with E-state index in [1.165, 1.54) is 89.9 Å². The number of unbranched alkanes of at least 4 members (excludes halogenated alkanes) is 14. The largest absolute Gasteiger partial charge is 0.203 e. The van der Waals surface area contributed by atoms with Crippen LogP contribution in [0.3, 0.4) is 0 Å². The molecule has 0 saturated carbocycles. The second kappa shape index (κ2) is 19.5. The summed E-state index contributed by atoms with van der Waals surface area (Å²) in [6.45, 7) is 2.28. The van der Waals surface area contributed by atoms with E-state index in [-0.39, 0.29) is 0 Å². The van der Waals surface area contributed by atoms with E-state index >= 15 is 0 Å². The zero-order valence-electron chi connectivity index (χ0n) is 14.1. The molecule has 0 saturated heterocycles. The number of rotatable bonds is 16. The molecule has 0 radical (unpaired) electrons. The lowest BCUT2D eigenvalue weighted by Gasteiger charge is -2.02. The average Bonchev–Trinajstić information content (AvgIpc) is 2.50. The summed E-state index contributed by atoms with van der Waals surface area (Å²) in [4.78, 5) is 3.76. The number of allylic oxidation sites excluding steroid dienone is 1. The van der Waals surface area contributed by atoms with Gasteiger partial charge in [-0.3, -0.25) is 0 Å². The van der Waals surface area contributed by atoms with Gasteiger partial charge in [0.15, 0.2) is 0 Å². The van der Waals surface area contributed by atoms with Crippen molar-refractivity contribution in [1.29, 1.82) is 0 Å². The van der Waals surface area contributed by atoms with Gasteiger partial charge in [-0.25, -0.2) is 4.99 Å². The Kier molecular flexibility index (Phi) is 19.1. The molecule has 0 bridgehead atoms. The van der Waals surface area contributed by atoms with Gasteiger partial charge >= 0.3 is 0 Å². The van der Waals surface area contributed by atoms with E-state index in [1.54, 1.807) is 6.20 Å². The highest BCUT2D eigenvalue weighted by Crippen LogP contribution is 2.13. The van der Waals surface area contributed by atoms with E-state index in [0.717, 1.165) is 6.42 Å². The normalized spacial score (nSPS) is 10.9. The van der Waals surface area contributed by atoms with E-state index in [9.17, 15) is 0 Å². The van der Waals surface area contributed by atoms with Gasteiger partial charge in [0.25, 0.3) is 0 Å². The summed E-state index contributed by atoms with van der Waals surface area (Å²) < 4.78 is 0. The molecule has 0 aromatic heterocycles. The number of thiocarbonyl (C=S) groups is 1. The van der Waals surface area contributed by atoms with Crippen molar-refractivity contribution in [1.82, 2.24) is 0 Å². The Morgan fingerprint density at radius 1 is 0.714 bits per heavy atom. The highest BCUT2D eigenvalue weighted by molar-refractivity contribution is 7.78. The molecule has 0 unspecified atom stereocenters. The number of hydrogen-bond donors (Lipinski definition) is 0. The first-order chi connectivity index (χ1) is 10.4. The molecule has 0 aliphatic heterocycles. The van der Waals surface area contributed by atoms with Crippen LogP contribution in [0.15, 0.2) is 17.3 Å². The monoisotopic (exact) mass is 309 g/mol. The maximum absolute atomic E-state index is 4.49. The van der Waals surface area contributed by atoms with Crippen LogP contribution in [-0.2, 0) is 0 Å². The Morgan fingerprint density at radius 3 is 1.57 bits per heavy atom. The van der Waals surface area contributed by atoms with Crippen LogP contribution in [0, 0.1) is 0 Å². The van der Waals surface area contributed by atoms with Gasteiger partial charge in [0.1, 0.15) is 0 Å². The van der Waals surface area contributed by atoms with Crippen molar-refractivity contribution >= 4 is 17.4 Å². The van der Waals surface area contributed by atoms with Crippen LogP contribution in [0.5, 0.6) is 0 Å². The van der Waals surface area contributed by atoms with Gasteiger partial charge in [0.2, 0.25) is 0 Å². The topological polar surface area (TPSA) is 12.4 Å². The van der Waals surface area contributed by atoms with Crippen molar-refractivity contribution < 1.29 is 0 Å². The number of hydrogen-bond acceptors (Lipinski definition) is 2. The van der Waals surface area contributed by atoms with E-state index in [2.05, 4.69) is 35.4 Å². The van der Waals surface area contributed by atoms with Crippen molar-refractivity contribution in [3.05, 3.63) is 12.3 Å². The van der Waals surface area contributed by atoms with Crippen LogP contribution < -0.4 is 0 Å². The molecule has 21 heavy (non-hydrogen) atoms. The van der Waals surface area contributed by atoms with E-state index < -0.39 is 0 Å². The lowest BCUT2D eigenvalue weighted by molar-refractivity contribution is 0.536. The van der Waals surface area contributed by atoms with Crippen LogP contribution >= 0.6 is 12.2 Å². The maximum Gasteiger partial charge on any atom is 0.0634 e. The molecule has 0 N–H and O–H groups in total.